The molecular weight excluding hydrogens is 568 g/mol. The number of methoxy groups -OCH3 is 2. The van der Waals surface area contributed by atoms with Crippen molar-refractivity contribution < 1.29 is 23.9 Å². The summed E-state index contributed by atoms with van der Waals surface area (Å²) in [7, 11) is 3.06. The van der Waals surface area contributed by atoms with E-state index in [9.17, 15) is 14.9 Å². The molecule has 0 aliphatic carbocycles. The fourth-order valence-electron chi connectivity index (χ4n) is 3.44. The van der Waals surface area contributed by atoms with Crippen LogP contribution in [0.3, 0.4) is 0 Å². The van der Waals surface area contributed by atoms with Crippen molar-refractivity contribution in [3.05, 3.63) is 91.3 Å². The van der Waals surface area contributed by atoms with Crippen LogP contribution in [-0.4, -0.2) is 29.4 Å². The lowest BCUT2D eigenvalue weighted by Crippen LogP contribution is -2.27. The standard InChI is InChI=1S/C25H19BrN2O6S2/c1-32-20-6-4-3-5-19(20)27-24(29)23(36-25(27)35)12-16-11-21(33-2)22(13-18(16)26)34-14-15-7-9-17(10-8-15)28(30)31/h3-13H,14H2,1-2H3. The molecule has 1 heterocycles. The molecule has 0 spiro atoms. The average Bonchev–Trinajstić information content (AvgIpc) is 3.16. The first kappa shape index (κ1) is 25.7. The van der Waals surface area contributed by atoms with E-state index in [1.54, 1.807) is 49.6 Å². The SMILES string of the molecule is COc1cc(C=C2SC(=S)N(c3ccccc3OC)C2=O)c(Br)cc1OCc1ccc([N+](=O)[O-])cc1. The van der Waals surface area contributed by atoms with E-state index in [-0.39, 0.29) is 18.2 Å². The fourth-order valence-corrected chi connectivity index (χ4v) is 5.15. The molecule has 8 nitrogen and oxygen atoms in total. The number of nitrogens with zero attached hydrogens (tertiary/aromatic N) is 2. The van der Waals surface area contributed by atoms with Gasteiger partial charge in [0.25, 0.3) is 11.6 Å². The molecule has 0 N–H and O–H groups in total. The number of hydrogen-bond acceptors (Lipinski definition) is 8. The van der Waals surface area contributed by atoms with Gasteiger partial charge in [0, 0.05) is 16.6 Å². The Kier molecular flexibility index (Phi) is 7.92. The van der Waals surface area contributed by atoms with E-state index in [2.05, 4.69) is 15.9 Å². The van der Waals surface area contributed by atoms with Gasteiger partial charge in [-0.3, -0.25) is 19.8 Å². The first-order chi connectivity index (χ1) is 17.3. The highest BCUT2D eigenvalue weighted by Gasteiger charge is 2.35. The number of benzene rings is 3. The minimum absolute atomic E-state index is 0.0135. The molecule has 3 aromatic carbocycles. The van der Waals surface area contributed by atoms with E-state index in [0.29, 0.717) is 42.2 Å². The number of rotatable bonds is 8. The maximum Gasteiger partial charge on any atom is 0.270 e. The Bertz CT molecular complexity index is 1380. The number of non-ortho nitro benzene ring substituents is 1. The molecule has 0 radical (unpaired) electrons. The zero-order chi connectivity index (χ0) is 25.8. The highest BCUT2D eigenvalue weighted by Crippen LogP contribution is 2.41. The number of ether oxygens (including phenoxy) is 3. The first-order valence-electron chi connectivity index (χ1n) is 10.5. The van der Waals surface area contributed by atoms with Crippen molar-refractivity contribution in [3.8, 4) is 17.2 Å². The number of halogens is 1. The third-order valence-electron chi connectivity index (χ3n) is 5.23. The Morgan fingerprint density at radius 1 is 1.06 bits per heavy atom. The molecule has 1 fully saturated rings. The molecule has 0 atom stereocenters. The quantitative estimate of drug-likeness (QED) is 0.130. The number of nitro benzene ring substituents is 1. The van der Waals surface area contributed by atoms with Crippen molar-refractivity contribution in [2.45, 2.75) is 6.61 Å². The smallest absolute Gasteiger partial charge is 0.270 e. The molecule has 0 aromatic heterocycles. The summed E-state index contributed by atoms with van der Waals surface area (Å²) in [6.07, 6.45) is 1.74. The Morgan fingerprint density at radius 2 is 1.75 bits per heavy atom. The van der Waals surface area contributed by atoms with Gasteiger partial charge in [-0.05, 0) is 53.6 Å². The van der Waals surface area contributed by atoms with E-state index in [0.717, 1.165) is 5.56 Å². The van der Waals surface area contributed by atoms with Gasteiger partial charge in [0.15, 0.2) is 15.8 Å². The fraction of sp³-hybridized carbons (Fsp3) is 0.120. The van der Waals surface area contributed by atoms with Gasteiger partial charge in [-0.1, -0.05) is 52.0 Å². The molecule has 3 aromatic rings. The van der Waals surface area contributed by atoms with Crippen LogP contribution < -0.4 is 19.1 Å². The van der Waals surface area contributed by atoms with Gasteiger partial charge in [-0.2, -0.15) is 0 Å². The third-order valence-corrected chi connectivity index (χ3v) is 7.22. The van der Waals surface area contributed by atoms with Gasteiger partial charge < -0.3 is 14.2 Å². The van der Waals surface area contributed by atoms with E-state index in [1.807, 2.05) is 12.1 Å². The van der Waals surface area contributed by atoms with Crippen LogP contribution in [0.25, 0.3) is 6.08 Å². The first-order valence-corrected chi connectivity index (χ1v) is 12.5. The molecule has 0 unspecified atom stereocenters. The van der Waals surface area contributed by atoms with Gasteiger partial charge >= 0.3 is 0 Å². The Balaban J connectivity index is 1.56. The van der Waals surface area contributed by atoms with E-state index >= 15 is 0 Å². The van der Waals surface area contributed by atoms with Crippen LogP contribution in [0.4, 0.5) is 11.4 Å². The van der Waals surface area contributed by atoms with Gasteiger partial charge in [-0.15, -0.1) is 0 Å². The van der Waals surface area contributed by atoms with Gasteiger partial charge in [0.2, 0.25) is 0 Å². The molecule has 36 heavy (non-hydrogen) atoms. The predicted octanol–water partition coefficient (Wildman–Crippen LogP) is 6.36. The topological polar surface area (TPSA) is 91.1 Å². The second kappa shape index (κ2) is 11.1. The van der Waals surface area contributed by atoms with Crippen LogP contribution in [0.1, 0.15) is 11.1 Å². The van der Waals surface area contributed by atoms with Crippen molar-refractivity contribution in [1.82, 2.24) is 0 Å². The lowest BCUT2D eigenvalue weighted by atomic mass is 10.1. The van der Waals surface area contributed by atoms with Crippen LogP contribution in [0.15, 0.2) is 70.0 Å². The van der Waals surface area contributed by atoms with Crippen LogP contribution in [0.2, 0.25) is 0 Å². The van der Waals surface area contributed by atoms with Gasteiger partial charge in [-0.25, -0.2) is 0 Å². The summed E-state index contributed by atoms with van der Waals surface area (Å²) < 4.78 is 17.9. The van der Waals surface area contributed by atoms with Crippen LogP contribution >= 0.6 is 39.9 Å². The van der Waals surface area contributed by atoms with E-state index in [4.69, 9.17) is 26.4 Å². The van der Waals surface area contributed by atoms with Crippen LogP contribution in [0, 0.1) is 10.1 Å². The van der Waals surface area contributed by atoms with E-state index in [1.165, 1.54) is 35.9 Å². The summed E-state index contributed by atoms with van der Waals surface area (Å²) in [6, 6.07) is 16.8. The van der Waals surface area contributed by atoms with Crippen molar-refractivity contribution in [2.75, 3.05) is 19.1 Å². The van der Waals surface area contributed by atoms with Crippen LogP contribution in [-0.2, 0) is 11.4 Å². The molecule has 1 saturated heterocycles. The maximum absolute atomic E-state index is 13.2. The molecule has 11 heteroatoms. The number of nitro groups is 1. The number of anilines is 1. The maximum atomic E-state index is 13.2. The summed E-state index contributed by atoms with van der Waals surface area (Å²) in [6.45, 7) is 0.192. The zero-order valence-electron chi connectivity index (χ0n) is 19.1. The molecule has 4 rings (SSSR count). The number of hydrogen-bond donors (Lipinski definition) is 0. The summed E-state index contributed by atoms with van der Waals surface area (Å²) in [5.74, 6) is 1.24. The highest BCUT2D eigenvalue weighted by molar-refractivity contribution is 9.10. The summed E-state index contributed by atoms with van der Waals surface area (Å²) in [5.41, 5.74) is 2.06. The Labute approximate surface area is 225 Å². The van der Waals surface area contributed by atoms with Gasteiger partial charge in [0.05, 0.1) is 29.7 Å². The lowest BCUT2D eigenvalue weighted by molar-refractivity contribution is -0.384. The molecule has 0 saturated carbocycles. The van der Waals surface area contributed by atoms with Gasteiger partial charge in [0.1, 0.15) is 12.4 Å². The van der Waals surface area contributed by atoms with Crippen molar-refractivity contribution >= 4 is 67.6 Å². The molecule has 0 bridgehead atoms. The minimum Gasteiger partial charge on any atom is -0.495 e. The normalized spacial score (nSPS) is 14.3. The summed E-state index contributed by atoms with van der Waals surface area (Å²) in [5, 5.41) is 10.8. The largest absolute Gasteiger partial charge is 0.495 e. The van der Waals surface area contributed by atoms with Crippen LogP contribution in [0.5, 0.6) is 17.2 Å². The monoisotopic (exact) mass is 586 g/mol. The second-order valence-corrected chi connectivity index (χ2v) is 9.96. The molecule has 1 aliphatic heterocycles. The average molecular weight is 587 g/mol. The number of amides is 1. The van der Waals surface area contributed by atoms with Crippen molar-refractivity contribution in [2.24, 2.45) is 0 Å². The third kappa shape index (κ3) is 5.38. The summed E-state index contributed by atoms with van der Waals surface area (Å²) >= 11 is 10.2. The highest BCUT2D eigenvalue weighted by atomic mass is 79.9. The number of thiocarbonyl (C=S) groups is 1. The molecule has 1 aliphatic rings. The number of carbonyl (C=O) groups excluding carboxylic acids is 1. The number of carbonyl (C=O) groups is 1. The Morgan fingerprint density at radius 3 is 2.42 bits per heavy atom. The summed E-state index contributed by atoms with van der Waals surface area (Å²) in [4.78, 5) is 25.5. The van der Waals surface area contributed by atoms with Crippen molar-refractivity contribution in [1.29, 1.82) is 0 Å². The number of para-hydroxylation sites is 2. The predicted molar refractivity (Wildman–Crippen MR) is 147 cm³/mol. The van der Waals surface area contributed by atoms with Crippen molar-refractivity contribution in [3.63, 3.8) is 0 Å². The molecule has 184 valence electrons. The molecular formula is C25H19BrN2O6S2. The number of thioether (sulfide) groups is 1. The Hall–Kier alpha value is -3.41. The molecule has 1 amide bonds. The lowest BCUT2D eigenvalue weighted by Gasteiger charge is -2.17. The zero-order valence-corrected chi connectivity index (χ0v) is 22.3. The second-order valence-electron chi connectivity index (χ2n) is 7.43. The van der Waals surface area contributed by atoms with E-state index < -0.39 is 4.92 Å². The minimum atomic E-state index is -0.451.